The highest BCUT2D eigenvalue weighted by atomic mass is 32.2. The second kappa shape index (κ2) is 6.22. The van der Waals surface area contributed by atoms with Crippen LogP contribution >= 0.6 is 11.8 Å². The number of hydrogen-bond acceptors (Lipinski definition) is 5. The minimum absolute atomic E-state index is 0.162. The fourth-order valence-corrected chi connectivity index (χ4v) is 3.34. The van der Waals surface area contributed by atoms with Crippen LogP contribution in [0.1, 0.15) is 5.56 Å². The van der Waals surface area contributed by atoms with E-state index in [2.05, 4.69) is 6.07 Å². The molecular formula is C16H11N3O4S. The second-order valence-corrected chi connectivity index (χ2v) is 6.04. The van der Waals surface area contributed by atoms with Crippen LogP contribution < -0.4 is 0 Å². The molecule has 0 spiro atoms. The van der Waals surface area contributed by atoms with Gasteiger partial charge in [0, 0.05) is 22.7 Å². The van der Waals surface area contributed by atoms with Gasteiger partial charge in [-0.15, -0.1) is 0 Å². The average Bonchev–Trinajstić information content (AvgIpc) is 3.01. The Hall–Kier alpha value is -3.05. The third kappa shape index (κ3) is 2.77. The van der Waals surface area contributed by atoms with Crippen LogP contribution in [-0.2, 0) is 16.1 Å². The van der Waals surface area contributed by atoms with E-state index in [0.717, 1.165) is 10.9 Å². The van der Waals surface area contributed by atoms with E-state index in [-0.39, 0.29) is 11.4 Å². The zero-order valence-electron chi connectivity index (χ0n) is 12.3. The van der Waals surface area contributed by atoms with Crippen LogP contribution in [0, 0.1) is 11.3 Å². The number of amides is 2. The Morgan fingerprint density at radius 2 is 2.08 bits per heavy atom. The van der Waals surface area contributed by atoms with Crippen molar-refractivity contribution in [1.29, 1.82) is 5.26 Å². The molecule has 0 bridgehead atoms. The lowest BCUT2D eigenvalue weighted by atomic mass is 10.1. The summed E-state index contributed by atoms with van der Waals surface area (Å²) in [7, 11) is 0. The fraction of sp³-hybridized carbons (Fsp3) is 0.125. The molecule has 1 aromatic heterocycles. The first-order valence-corrected chi connectivity index (χ1v) is 7.75. The summed E-state index contributed by atoms with van der Waals surface area (Å²) in [5.41, 5.74) is 1.54. The summed E-state index contributed by atoms with van der Waals surface area (Å²) in [5, 5.41) is 17.9. The van der Waals surface area contributed by atoms with Crippen LogP contribution in [0.4, 0.5) is 4.79 Å². The third-order valence-corrected chi connectivity index (χ3v) is 4.42. The predicted octanol–water partition coefficient (Wildman–Crippen LogP) is 2.29. The molecule has 0 unspecified atom stereocenters. The second-order valence-electron chi connectivity index (χ2n) is 5.05. The van der Waals surface area contributed by atoms with Crippen molar-refractivity contribution < 1.29 is 19.5 Å². The van der Waals surface area contributed by atoms with E-state index < -0.39 is 23.7 Å². The molecule has 0 aliphatic carbocycles. The molecule has 1 aliphatic heterocycles. The molecule has 1 aromatic carbocycles. The average molecular weight is 341 g/mol. The Morgan fingerprint density at radius 3 is 2.79 bits per heavy atom. The number of nitrogens with zero attached hydrogens (tertiary/aromatic N) is 3. The van der Waals surface area contributed by atoms with Gasteiger partial charge in [-0.1, -0.05) is 18.2 Å². The van der Waals surface area contributed by atoms with Crippen LogP contribution in [0.2, 0.25) is 0 Å². The maximum Gasteiger partial charge on any atom is 0.323 e. The van der Waals surface area contributed by atoms with Gasteiger partial charge in [-0.05, 0) is 23.9 Å². The monoisotopic (exact) mass is 341 g/mol. The van der Waals surface area contributed by atoms with Gasteiger partial charge in [-0.2, -0.15) is 5.26 Å². The highest BCUT2D eigenvalue weighted by molar-refractivity contribution is 8.18. The number of carbonyl (C=O) groups is 3. The Bertz CT molecular complexity index is 938. The number of benzene rings is 1. The summed E-state index contributed by atoms with van der Waals surface area (Å²) in [5.74, 6) is -1.87. The Labute approximate surface area is 140 Å². The normalized spacial score (nSPS) is 16.1. The lowest BCUT2D eigenvalue weighted by molar-refractivity contribution is -0.140. The molecule has 120 valence electrons. The third-order valence-electron chi connectivity index (χ3n) is 3.51. The van der Waals surface area contributed by atoms with Crippen LogP contribution in [-0.4, -0.2) is 38.2 Å². The lowest BCUT2D eigenvalue weighted by Crippen LogP contribution is -2.33. The van der Waals surface area contributed by atoms with Crippen LogP contribution in [0.25, 0.3) is 17.0 Å². The largest absolute Gasteiger partial charge is 0.480 e. The molecule has 2 aromatic rings. The molecule has 24 heavy (non-hydrogen) atoms. The van der Waals surface area contributed by atoms with Gasteiger partial charge in [0.25, 0.3) is 11.1 Å². The van der Waals surface area contributed by atoms with Gasteiger partial charge >= 0.3 is 5.97 Å². The molecule has 0 radical (unpaired) electrons. The van der Waals surface area contributed by atoms with E-state index in [0.29, 0.717) is 22.2 Å². The van der Waals surface area contributed by atoms with Crippen molar-refractivity contribution in [2.75, 3.05) is 6.54 Å². The number of carboxylic acid groups (broad SMARTS) is 1. The van der Waals surface area contributed by atoms with Gasteiger partial charge in [-0.25, -0.2) is 0 Å². The van der Waals surface area contributed by atoms with E-state index in [1.165, 1.54) is 0 Å². The molecular weight excluding hydrogens is 330 g/mol. The molecule has 0 atom stereocenters. The summed E-state index contributed by atoms with van der Waals surface area (Å²) in [6, 6.07) is 9.48. The fourth-order valence-electron chi connectivity index (χ4n) is 2.51. The van der Waals surface area contributed by atoms with Crippen LogP contribution in [0.5, 0.6) is 0 Å². The van der Waals surface area contributed by atoms with Crippen molar-refractivity contribution >= 4 is 45.9 Å². The van der Waals surface area contributed by atoms with E-state index in [4.69, 9.17) is 10.4 Å². The van der Waals surface area contributed by atoms with Crippen molar-refractivity contribution in [2.45, 2.75) is 6.54 Å². The number of nitriles is 1. The Balaban J connectivity index is 2.02. The van der Waals surface area contributed by atoms with Gasteiger partial charge in [0.2, 0.25) is 0 Å². The first kappa shape index (κ1) is 15.8. The zero-order chi connectivity index (χ0) is 17.3. The Morgan fingerprint density at radius 1 is 1.33 bits per heavy atom. The van der Waals surface area contributed by atoms with Gasteiger partial charge in [-0.3, -0.25) is 19.3 Å². The smallest absolute Gasteiger partial charge is 0.323 e. The quantitative estimate of drug-likeness (QED) is 0.856. The highest BCUT2D eigenvalue weighted by Gasteiger charge is 2.36. The topological polar surface area (TPSA) is 103 Å². The highest BCUT2D eigenvalue weighted by Crippen LogP contribution is 2.33. The number of aliphatic carboxylic acids is 1. The van der Waals surface area contributed by atoms with Crippen molar-refractivity contribution in [3.63, 3.8) is 0 Å². The van der Waals surface area contributed by atoms with Gasteiger partial charge in [0.15, 0.2) is 0 Å². The Kier molecular flexibility index (Phi) is 4.10. The van der Waals surface area contributed by atoms with Gasteiger partial charge in [0.1, 0.15) is 13.1 Å². The van der Waals surface area contributed by atoms with Crippen LogP contribution in [0.15, 0.2) is 35.4 Å². The number of carbonyl (C=O) groups excluding carboxylic acids is 2. The summed E-state index contributed by atoms with van der Waals surface area (Å²) < 4.78 is 1.75. The number of imide groups is 1. The van der Waals surface area contributed by atoms with Crippen molar-refractivity contribution in [1.82, 2.24) is 9.47 Å². The van der Waals surface area contributed by atoms with Crippen molar-refractivity contribution in [2.24, 2.45) is 0 Å². The molecule has 1 fully saturated rings. The van der Waals surface area contributed by atoms with Crippen LogP contribution in [0.3, 0.4) is 0 Å². The predicted molar refractivity (Wildman–Crippen MR) is 87.9 cm³/mol. The number of para-hydroxylation sites is 1. The minimum atomic E-state index is -1.25. The number of fused-ring (bicyclic) bond motifs is 1. The summed E-state index contributed by atoms with van der Waals surface area (Å²) >= 11 is 0.711. The first-order valence-electron chi connectivity index (χ1n) is 6.93. The van der Waals surface area contributed by atoms with Gasteiger partial charge < -0.3 is 9.67 Å². The number of rotatable bonds is 4. The maximum atomic E-state index is 12.2. The molecule has 7 nitrogen and oxygen atoms in total. The number of thioether (sulfide) groups is 1. The number of hydrogen-bond donors (Lipinski definition) is 1. The molecule has 1 aliphatic rings. The summed E-state index contributed by atoms with van der Waals surface area (Å²) in [6.07, 6.45) is 3.29. The minimum Gasteiger partial charge on any atom is -0.480 e. The lowest BCUT2D eigenvalue weighted by Gasteiger charge is -2.07. The summed E-state index contributed by atoms with van der Waals surface area (Å²) in [6.45, 7) is -0.493. The summed E-state index contributed by atoms with van der Waals surface area (Å²) in [4.78, 5) is 35.6. The molecule has 2 heterocycles. The van der Waals surface area contributed by atoms with E-state index in [9.17, 15) is 14.4 Å². The molecule has 1 saturated heterocycles. The van der Waals surface area contributed by atoms with Crippen molar-refractivity contribution in [3.05, 3.63) is 40.9 Å². The molecule has 3 rings (SSSR count). The zero-order valence-corrected chi connectivity index (χ0v) is 13.1. The SMILES string of the molecule is N#CCn1cc(/C=C2/SC(=O)N(CC(=O)O)C2=O)c2ccccc21. The maximum absolute atomic E-state index is 12.2. The van der Waals surface area contributed by atoms with E-state index in [1.807, 2.05) is 24.3 Å². The van der Waals surface area contributed by atoms with Gasteiger partial charge in [0.05, 0.1) is 11.0 Å². The standard InChI is InChI=1S/C16H11N3O4S/c17-5-6-18-8-10(11-3-1-2-4-12(11)18)7-13-15(22)19(9-14(20)21)16(23)24-13/h1-4,7-8H,6,9H2,(H,20,21)/b13-7+. The molecule has 0 saturated carbocycles. The molecule has 1 N–H and O–H groups in total. The van der Waals surface area contributed by atoms with E-state index in [1.54, 1.807) is 16.8 Å². The van der Waals surface area contributed by atoms with Crippen molar-refractivity contribution in [3.8, 4) is 6.07 Å². The molecule has 2 amide bonds. The molecule has 8 heteroatoms. The first-order chi connectivity index (χ1) is 11.5. The number of aromatic nitrogens is 1. The number of carboxylic acids is 1. The van der Waals surface area contributed by atoms with E-state index >= 15 is 0 Å².